The molecule has 1 aromatic rings. The van der Waals surface area contributed by atoms with Gasteiger partial charge in [0.05, 0.1) is 11.4 Å². The molecule has 0 aromatic heterocycles. The fraction of sp³-hybridized carbons (Fsp3) is 0.462. The van der Waals surface area contributed by atoms with Crippen LogP contribution in [0.25, 0.3) is 0 Å². The standard InChI is InChI=1S/C13H19N3OS/c14-11-7-10(13(15)17)1-2-12(11)16-8-9-3-5-18-6-4-9/h1-2,7,9,16H,3-6,8,14H2,(H2,15,17). The zero-order chi connectivity index (χ0) is 13.0. The van der Waals surface area contributed by atoms with Crippen LogP contribution < -0.4 is 16.8 Å². The second-order valence-electron chi connectivity index (χ2n) is 4.60. The molecule has 0 spiro atoms. The van der Waals surface area contributed by atoms with Gasteiger partial charge in [-0.25, -0.2) is 0 Å². The Morgan fingerprint density at radius 3 is 2.72 bits per heavy atom. The molecule has 1 fully saturated rings. The van der Waals surface area contributed by atoms with Gasteiger partial charge in [-0.3, -0.25) is 4.79 Å². The molecule has 0 saturated carbocycles. The van der Waals surface area contributed by atoms with E-state index in [9.17, 15) is 4.79 Å². The molecule has 5 heteroatoms. The lowest BCUT2D eigenvalue weighted by atomic mass is 10.0. The van der Waals surface area contributed by atoms with Gasteiger partial charge in [-0.15, -0.1) is 0 Å². The SMILES string of the molecule is NC(=O)c1ccc(NCC2CCSCC2)c(N)c1. The minimum absolute atomic E-state index is 0.447. The number of hydrogen-bond donors (Lipinski definition) is 3. The monoisotopic (exact) mass is 265 g/mol. The Morgan fingerprint density at radius 2 is 2.11 bits per heavy atom. The van der Waals surface area contributed by atoms with Gasteiger partial charge >= 0.3 is 0 Å². The third kappa shape index (κ3) is 3.32. The van der Waals surface area contributed by atoms with Crippen molar-refractivity contribution < 1.29 is 4.79 Å². The summed E-state index contributed by atoms with van der Waals surface area (Å²) in [6.45, 7) is 0.945. The molecule has 1 amide bonds. The molecule has 0 atom stereocenters. The van der Waals surface area contributed by atoms with E-state index >= 15 is 0 Å². The van der Waals surface area contributed by atoms with Gasteiger partial charge in [0, 0.05) is 12.1 Å². The molecule has 1 aliphatic rings. The third-order valence-electron chi connectivity index (χ3n) is 3.26. The third-order valence-corrected chi connectivity index (χ3v) is 4.31. The number of carbonyl (C=O) groups is 1. The van der Waals surface area contributed by atoms with E-state index in [1.165, 1.54) is 24.3 Å². The van der Waals surface area contributed by atoms with E-state index in [0.717, 1.165) is 18.2 Å². The maximum Gasteiger partial charge on any atom is 0.248 e. The highest BCUT2D eigenvalue weighted by Gasteiger charge is 2.13. The zero-order valence-corrected chi connectivity index (χ0v) is 11.1. The fourth-order valence-corrected chi connectivity index (χ4v) is 3.29. The molecule has 0 bridgehead atoms. The molecular formula is C13H19N3OS. The van der Waals surface area contributed by atoms with Crippen LogP contribution in [0.3, 0.4) is 0 Å². The maximum absolute atomic E-state index is 11.0. The molecule has 0 unspecified atom stereocenters. The topological polar surface area (TPSA) is 81.1 Å². The van der Waals surface area contributed by atoms with Crippen LogP contribution in [0.15, 0.2) is 18.2 Å². The average molecular weight is 265 g/mol. The van der Waals surface area contributed by atoms with Crippen LogP contribution in [-0.4, -0.2) is 24.0 Å². The largest absolute Gasteiger partial charge is 0.397 e. The summed E-state index contributed by atoms with van der Waals surface area (Å²) in [7, 11) is 0. The summed E-state index contributed by atoms with van der Waals surface area (Å²) in [6, 6.07) is 5.16. The van der Waals surface area contributed by atoms with Crippen molar-refractivity contribution in [3.8, 4) is 0 Å². The van der Waals surface area contributed by atoms with Crippen LogP contribution in [0.2, 0.25) is 0 Å². The van der Waals surface area contributed by atoms with E-state index < -0.39 is 5.91 Å². The highest BCUT2D eigenvalue weighted by molar-refractivity contribution is 7.99. The Bertz CT molecular complexity index is 430. The molecule has 0 radical (unpaired) electrons. The van der Waals surface area contributed by atoms with Crippen LogP contribution >= 0.6 is 11.8 Å². The fourth-order valence-electron chi connectivity index (χ4n) is 2.08. The Labute approximate surface area is 111 Å². The summed E-state index contributed by atoms with van der Waals surface area (Å²) in [4.78, 5) is 11.0. The van der Waals surface area contributed by atoms with Crippen molar-refractivity contribution in [1.29, 1.82) is 0 Å². The van der Waals surface area contributed by atoms with Gasteiger partial charge in [-0.1, -0.05) is 0 Å². The number of nitrogen functional groups attached to an aromatic ring is 1. The van der Waals surface area contributed by atoms with Gasteiger partial charge < -0.3 is 16.8 Å². The van der Waals surface area contributed by atoms with E-state index in [4.69, 9.17) is 11.5 Å². The van der Waals surface area contributed by atoms with Gasteiger partial charge in [0.25, 0.3) is 0 Å². The van der Waals surface area contributed by atoms with Crippen molar-refractivity contribution in [3.63, 3.8) is 0 Å². The summed E-state index contributed by atoms with van der Waals surface area (Å²) in [5, 5.41) is 3.36. The molecule has 1 aromatic carbocycles. The van der Waals surface area contributed by atoms with Gasteiger partial charge in [-0.05, 0) is 48.5 Å². The molecule has 1 saturated heterocycles. The number of carbonyl (C=O) groups excluding carboxylic acids is 1. The molecule has 5 N–H and O–H groups in total. The van der Waals surface area contributed by atoms with E-state index in [2.05, 4.69) is 5.32 Å². The number of anilines is 2. The van der Waals surface area contributed by atoms with Crippen molar-refractivity contribution in [1.82, 2.24) is 0 Å². The predicted octanol–water partition coefficient (Wildman–Crippen LogP) is 1.92. The Morgan fingerprint density at radius 1 is 1.39 bits per heavy atom. The summed E-state index contributed by atoms with van der Waals surface area (Å²) in [5.74, 6) is 2.78. The van der Waals surface area contributed by atoms with Crippen LogP contribution in [0, 0.1) is 5.92 Å². The average Bonchev–Trinajstić information content (AvgIpc) is 2.38. The number of thioether (sulfide) groups is 1. The first-order valence-electron chi connectivity index (χ1n) is 6.18. The van der Waals surface area contributed by atoms with E-state index in [-0.39, 0.29) is 0 Å². The number of nitrogens with one attached hydrogen (secondary N) is 1. The van der Waals surface area contributed by atoms with E-state index in [0.29, 0.717) is 11.3 Å². The van der Waals surface area contributed by atoms with Crippen LogP contribution in [-0.2, 0) is 0 Å². The summed E-state index contributed by atoms with van der Waals surface area (Å²) >= 11 is 2.02. The number of rotatable bonds is 4. The van der Waals surface area contributed by atoms with Crippen LogP contribution in [0.5, 0.6) is 0 Å². The normalized spacial score (nSPS) is 16.4. The Kier molecular flexibility index (Phi) is 4.36. The van der Waals surface area contributed by atoms with Gasteiger partial charge in [0.1, 0.15) is 0 Å². The number of nitrogens with two attached hydrogens (primary N) is 2. The Balaban J connectivity index is 1.94. The van der Waals surface area contributed by atoms with Crippen molar-refractivity contribution in [3.05, 3.63) is 23.8 Å². The smallest absolute Gasteiger partial charge is 0.248 e. The zero-order valence-electron chi connectivity index (χ0n) is 10.3. The molecular weight excluding hydrogens is 246 g/mol. The van der Waals surface area contributed by atoms with Crippen molar-refractivity contribution >= 4 is 29.0 Å². The second kappa shape index (κ2) is 6.00. The molecule has 2 rings (SSSR count). The molecule has 1 heterocycles. The summed E-state index contributed by atoms with van der Waals surface area (Å²) < 4.78 is 0. The van der Waals surface area contributed by atoms with Gasteiger partial charge in [-0.2, -0.15) is 11.8 Å². The molecule has 98 valence electrons. The molecule has 18 heavy (non-hydrogen) atoms. The number of primary amides is 1. The number of amides is 1. The molecule has 0 aliphatic carbocycles. The first kappa shape index (κ1) is 13.1. The highest BCUT2D eigenvalue weighted by atomic mass is 32.2. The quantitative estimate of drug-likeness (QED) is 0.727. The number of benzene rings is 1. The minimum atomic E-state index is -0.447. The van der Waals surface area contributed by atoms with Crippen LogP contribution in [0.1, 0.15) is 23.2 Å². The summed E-state index contributed by atoms with van der Waals surface area (Å²) in [6.07, 6.45) is 2.52. The van der Waals surface area contributed by atoms with Crippen molar-refractivity contribution in [2.45, 2.75) is 12.8 Å². The minimum Gasteiger partial charge on any atom is -0.397 e. The first-order valence-corrected chi connectivity index (χ1v) is 7.33. The lowest BCUT2D eigenvalue weighted by Gasteiger charge is -2.22. The van der Waals surface area contributed by atoms with Crippen LogP contribution in [0.4, 0.5) is 11.4 Å². The van der Waals surface area contributed by atoms with Gasteiger partial charge in [0.15, 0.2) is 0 Å². The summed E-state index contributed by atoms with van der Waals surface area (Å²) in [5.41, 5.74) is 13.0. The van der Waals surface area contributed by atoms with Crippen molar-refractivity contribution in [2.24, 2.45) is 11.7 Å². The first-order chi connectivity index (χ1) is 8.66. The molecule has 4 nitrogen and oxygen atoms in total. The van der Waals surface area contributed by atoms with E-state index in [1.807, 2.05) is 17.8 Å². The van der Waals surface area contributed by atoms with E-state index in [1.54, 1.807) is 12.1 Å². The Hall–Kier alpha value is -1.36. The lowest BCUT2D eigenvalue weighted by Crippen LogP contribution is -2.19. The van der Waals surface area contributed by atoms with Crippen molar-refractivity contribution in [2.75, 3.05) is 29.1 Å². The maximum atomic E-state index is 11.0. The predicted molar refractivity (Wildman–Crippen MR) is 77.9 cm³/mol. The highest BCUT2D eigenvalue weighted by Crippen LogP contribution is 2.25. The van der Waals surface area contributed by atoms with Gasteiger partial charge in [0.2, 0.25) is 5.91 Å². The molecule has 1 aliphatic heterocycles. The lowest BCUT2D eigenvalue weighted by molar-refractivity contribution is 0.100. The number of hydrogen-bond acceptors (Lipinski definition) is 4. The second-order valence-corrected chi connectivity index (χ2v) is 5.83.